The molecule has 3 rings (SSSR count). The van der Waals surface area contributed by atoms with Gasteiger partial charge in [-0.15, -0.1) is 0 Å². The highest BCUT2D eigenvalue weighted by molar-refractivity contribution is 9.10. The zero-order valence-electron chi connectivity index (χ0n) is 9.67. The lowest BCUT2D eigenvalue weighted by Crippen LogP contribution is -2.21. The Morgan fingerprint density at radius 3 is 2.88 bits per heavy atom. The van der Waals surface area contributed by atoms with E-state index in [2.05, 4.69) is 46.5 Å². The predicted molar refractivity (Wildman–Crippen MR) is 70.5 cm³/mol. The Balaban J connectivity index is 1.86. The molecule has 0 amide bonds. The van der Waals surface area contributed by atoms with E-state index in [1.807, 2.05) is 0 Å². The highest BCUT2D eigenvalue weighted by Crippen LogP contribution is 2.45. The molecule has 0 heterocycles. The predicted octanol–water partition coefficient (Wildman–Crippen LogP) is 3.68. The van der Waals surface area contributed by atoms with Crippen LogP contribution in [-0.4, -0.2) is 7.05 Å². The minimum Gasteiger partial charge on any atom is -0.313 e. The summed E-state index contributed by atoms with van der Waals surface area (Å²) >= 11 is 3.58. The van der Waals surface area contributed by atoms with Crippen LogP contribution in [0.25, 0.3) is 0 Å². The van der Waals surface area contributed by atoms with Crippen LogP contribution < -0.4 is 5.32 Å². The molecule has 0 spiro atoms. The lowest BCUT2D eigenvalue weighted by atomic mass is 9.95. The van der Waals surface area contributed by atoms with Crippen LogP contribution >= 0.6 is 15.9 Å². The van der Waals surface area contributed by atoms with Gasteiger partial charge in [-0.25, -0.2) is 0 Å². The molecular weight excluding hydrogens is 262 g/mol. The van der Waals surface area contributed by atoms with Crippen LogP contribution in [0, 0.1) is 11.8 Å². The molecule has 1 saturated carbocycles. The Morgan fingerprint density at radius 2 is 2.19 bits per heavy atom. The summed E-state index contributed by atoms with van der Waals surface area (Å²) in [6, 6.07) is 7.33. The van der Waals surface area contributed by atoms with Crippen LogP contribution in [-0.2, 0) is 6.42 Å². The van der Waals surface area contributed by atoms with Crippen molar-refractivity contribution in [3.8, 4) is 0 Å². The fraction of sp³-hybridized carbons (Fsp3) is 0.571. The van der Waals surface area contributed by atoms with Crippen LogP contribution in [0.5, 0.6) is 0 Å². The second kappa shape index (κ2) is 4.15. The van der Waals surface area contributed by atoms with Gasteiger partial charge in [0.15, 0.2) is 0 Å². The van der Waals surface area contributed by atoms with E-state index in [4.69, 9.17) is 0 Å². The third kappa shape index (κ3) is 1.93. The van der Waals surface area contributed by atoms with Gasteiger partial charge in [0.25, 0.3) is 0 Å². The smallest absolute Gasteiger partial charge is 0.0352 e. The Bertz CT molecular complexity index is 398. The molecule has 1 fully saturated rings. The maximum Gasteiger partial charge on any atom is 0.0352 e. The summed E-state index contributed by atoms with van der Waals surface area (Å²) in [5, 5.41) is 3.51. The topological polar surface area (TPSA) is 12.0 Å². The van der Waals surface area contributed by atoms with Gasteiger partial charge in [-0.05, 0) is 55.0 Å². The molecule has 0 bridgehead atoms. The maximum atomic E-state index is 3.58. The van der Waals surface area contributed by atoms with E-state index in [9.17, 15) is 0 Å². The monoisotopic (exact) mass is 279 g/mol. The van der Waals surface area contributed by atoms with Crippen molar-refractivity contribution in [2.45, 2.75) is 31.7 Å². The zero-order valence-corrected chi connectivity index (χ0v) is 11.3. The van der Waals surface area contributed by atoms with Crippen molar-refractivity contribution in [2.24, 2.45) is 11.8 Å². The van der Waals surface area contributed by atoms with Gasteiger partial charge in [0, 0.05) is 10.5 Å². The average molecular weight is 280 g/mol. The number of nitrogens with one attached hydrogen (secondary N) is 1. The molecule has 2 aliphatic carbocycles. The van der Waals surface area contributed by atoms with Crippen LogP contribution in [0.15, 0.2) is 22.7 Å². The first-order chi connectivity index (χ1) is 7.78. The Labute approximate surface area is 106 Å². The number of halogens is 1. The highest BCUT2D eigenvalue weighted by atomic mass is 79.9. The molecule has 2 unspecified atom stereocenters. The lowest BCUT2D eigenvalue weighted by molar-refractivity contribution is 0.369. The van der Waals surface area contributed by atoms with Gasteiger partial charge in [-0.1, -0.05) is 34.8 Å². The SMILES string of the molecule is CNC1c2cc(Br)ccc2CC1CC1CC1. The van der Waals surface area contributed by atoms with E-state index < -0.39 is 0 Å². The molecule has 16 heavy (non-hydrogen) atoms. The molecule has 0 aliphatic heterocycles. The summed E-state index contributed by atoms with van der Waals surface area (Å²) in [6.45, 7) is 0. The summed E-state index contributed by atoms with van der Waals surface area (Å²) in [7, 11) is 2.10. The molecule has 0 aromatic heterocycles. The third-order valence-corrected chi connectivity index (χ3v) is 4.53. The summed E-state index contributed by atoms with van der Waals surface area (Å²) in [6.07, 6.45) is 5.61. The minimum absolute atomic E-state index is 0.577. The molecule has 2 heteroatoms. The van der Waals surface area contributed by atoms with Gasteiger partial charge in [-0.3, -0.25) is 0 Å². The first kappa shape index (κ1) is 10.8. The van der Waals surface area contributed by atoms with E-state index >= 15 is 0 Å². The van der Waals surface area contributed by atoms with Gasteiger partial charge in [0.05, 0.1) is 0 Å². The van der Waals surface area contributed by atoms with Crippen molar-refractivity contribution in [1.82, 2.24) is 5.32 Å². The highest BCUT2D eigenvalue weighted by Gasteiger charge is 2.35. The normalized spacial score (nSPS) is 28.1. The molecule has 1 nitrogen and oxygen atoms in total. The van der Waals surface area contributed by atoms with Crippen molar-refractivity contribution in [3.63, 3.8) is 0 Å². The standard InChI is InChI=1S/C14H18BrN/c1-16-14-11(6-9-2-3-9)7-10-4-5-12(15)8-13(10)14/h4-5,8-9,11,14,16H,2-3,6-7H2,1H3. The first-order valence-corrected chi connectivity index (χ1v) is 7.03. The van der Waals surface area contributed by atoms with Crippen molar-refractivity contribution >= 4 is 15.9 Å². The summed E-state index contributed by atoms with van der Waals surface area (Å²) in [4.78, 5) is 0. The number of benzene rings is 1. The Kier molecular flexibility index (Phi) is 2.80. The number of fused-ring (bicyclic) bond motifs is 1. The van der Waals surface area contributed by atoms with Crippen LogP contribution in [0.1, 0.15) is 36.4 Å². The van der Waals surface area contributed by atoms with E-state index in [1.54, 1.807) is 5.56 Å². The van der Waals surface area contributed by atoms with Gasteiger partial charge in [0.1, 0.15) is 0 Å². The molecular formula is C14H18BrN. The van der Waals surface area contributed by atoms with E-state index in [1.165, 1.54) is 35.7 Å². The first-order valence-electron chi connectivity index (χ1n) is 6.23. The molecule has 2 atom stereocenters. The lowest BCUT2D eigenvalue weighted by Gasteiger charge is -2.19. The van der Waals surface area contributed by atoms with E-state index in [-0.39, 0.29) is 0 Å². The maximum absolute atomic E-state index is 3.58. The average Bonchev–Trinajstić information content (AvgIpc) is 2.99. The molecule has 1 aromatic carbocycles. The summed E-state index contributed by atoms with van der Waals surface area (Å²) in [5.41, 5.74) is 3.07. The van der Waals surface area contributed by atoms with Gasteiger partial charge < -0.3 is 5.32 Å². The second-order valence-corrected chi connectivity index (χ2v) is 6.17. The van der Waals surface area contributed by atoms with Crippen molar-refractivity contribution in [3.05, 3.63) is 33.8 Å². The number of rotatable bonds is 3. The molecule has 1 aromatic rings. The van der Waals surface area contributed by atoms with Gasteiger partial charge in [0.2, 0.25) is 0 Å². The van der Waals surface area contributed by atoms with Crippen molar-refractivity contribution in [1.29, 1.82) is 0 Å². The van der Waals surface area contributed by atoms with Gasteiger partial charge in [-0.2, -0.15) is 0 Å². The number of hydrogen-bond acceptors (Lipinski definition) is 1. The van der Waals surface area contributed by atoms with E-state index in [0.29, 0.717) is 6.04 Å². The second-order valence-electron chi connectivity index (χ2n) is 5.25. The summed E-state index contributed by atoms with van der Waals surface area (Å²) in [5.74, 6) is 1.85. The Hall–Kier alpha value is -0.340. The minimum atomic E-state index is 0.577. The fourth-order valence-corrected chi connectivity index (χ4v) is 3.47. The summed E-state index contributed by atoms with van der Waals surface area (Å²) < 4.78 is 1.21. The quantitative estimate of drug-likeness (QED) is 0.890. The van der Waals surface area contributed by atoms with Crippen LogP contribution in [0.4, 0.5) is 0 Å². The van der Waals surface area contributed by atoms with Crippen molar-refractivity contribution in [2.75, 3.05) is 7.05 Å². The van der Waals surface area contributed by atoms with Crippen LogP contribution in [0.3, 0.4) is 0 Å². The number of hydrogen-bond donors (Lipinski definition) is 1. The third-order valence-electron chi connectivity index (χ3n) is 4.04. The largest absolute Gasteiger partial charge is 0.313 e. The molecule has 0 radical (unpaired) electrons. The zero-order chi connectivity index (χ0) is 11.1. The van der Waals surface area contributed by atoms with E-state index in [0.717, 1.165) is 11.8 Å². The molecule has 2 aliphatic rings. The fourth-order valence-electron chi connectivity index (χ4n) is 3.09. The van der Waals surface area contributed by atoms with Crippen molar-refractivity contribution < 1.29 is 0 Å². The Morgan fingerprint density at radius 1 is 1.38 bits per heavy atom. The van der Waals surface area contributed by atoms with Crippen LogP contribution in [0.2, 0.25) is 0 Å². The molecule has 86 valence electrons. The molecule has 0 saturated heterocycles. The van der Waals surface area contributed by atoms with Gasteiger partial charge >= 0.3 is 0 Å². The molecule has 1 N–H and O–H groups in total.